The number of nitrogens with zero attached hydrogens (tertiary/aromatic N) is 1. The van der Waals surface area contributed by atoms with Crippen LogP contribution in [0.5, 0.6) is 0 Å². The largest absolute Gasteiger partial charge is 0.474 e. The quantitative estimate of drug-likeness (QED) is 0.465. The SMILES string of the molecule is O=[N+]([O-])c1ccc(NNC(F)(F)F)cc1. The zero-order valence-electron chi connectivity index (χ0n) is 7.21. The first-order chi connectivity index (χ1) is 6.88. The summed E-state index contributed by atoms with van der Waals surface area (Å²) in [5.41, 5.74) is 2.81. The second-order valence-electron chi connectivity index (χ2n) is 2.55. The van der Waals surface area contributed by atoms with E-state index in [1.807, 2.05) is 5.43 Å². The summed E-state index contributed by atoms with van der Waals surface area (Å²) in [7, 11) is 0. The molecule has 15 heavy (non-hydrogen) atoms. The maximum atomic E-state index is 11.7. The zero-order chi connectivity index (χ0) is 11.5. The van der Waals surface area contributed by atoms with Crippen molar-refractivity contribution in [1.29, 1.82) is 0 Å². The molecule has 0 saturated heterocycles. The molecule has 0 aromatic heterocycles. The number of rotatable bonds is 3. The summed E-state index contributed by atoms with van der Waals surface area (Å²) in [6, 6.07) is 4.52. The maximum Gasteiger partial charge on any atom is 0.474 e. The Morgan fingerprint density at radius 1 is 1.20 bits per heavy atom. The molecule has 0 atom stereocenters. The highest BCUT2D eigenvalue weighted by Gasteiger charge is 2.26. The second kappa shape index (κ2) is 4.13. The zero-order valence-corrected chi connectivity index (χ0v) is 7.21. The Balaban J connectivity index is 2.61. The van der Waals surface area contributed by atoms with Crippen LogP contribution in [0.15, 0.2) is 24.3 Å². The Morgan fingerprint density at radius 2 is 1.73 bits per heavy atom. The molecular formula is C7H6F3N3O2. The monoisotopic (exact) mass is 221 g/mol. The van der Waals surface area contributed by atoms with Crippen molar-refractivity contribution in [3.8, 4) is 0 Å². The van der Waals surface area contributed by atoms with Gasteiger partial charge in [0.1, 0.15) is 0 Å². The number of hydrazine groups is 1. The van der Waals surface area contributed by atoms with Crippen molar-refractivity contribution in [2.24, 2.45) is 0 Å². The standard InChI is InChI=1S/C7H6F3N3O2/c8-7(9,10)12-11-5-1-3-6(4-2-5)13(14)15/h1-4,11-12H. The summed E-state index contributed by atoms with van der Waals surface area (Å²) in [5, 5.41) is 10.2. The molecule has 0 fully saturated rings. The van der Waals surface area contributed by atoms with Crippen LogP contribution in [-0.2, 0) is 0 Å². The number of benzene rings is 1. The van der Waals surface area contributed by atoms with E-state index >= 15 is 0 Å². The van der Waals surface area contributed by atoms with E-state index in [1.54, 1.807) is 0 Å². The molecule has 0 unspecified atom stereocenters. The fraction of sp³-hybridized carbons (Fsp3) is 0.143. The van der Waals surface area contributed by atoms with Crippen LogP contribution in [-0.4, -0.2) is 11.2 Å². The summed E-state index contributed by atoms with van der Waals surface area (Å²) < 4.78 is 35.0. The van der Waals surface area contributed by atoms with Gasteiger partial charge in [0.15, 0.2) is 0 Å². The van der Waals surface area contributed by atoms with Crippen LogP contribution in [0.1, 0.15) is 0 Å². The van der Waals surface area contributed by atoms with E-state index in [0.29, 0.717) is 0 Å². The molecule has 0 aliphatic rings. The van der Waals surface area contributed by atoms with Gasteiger partial charge < -0.3 is 5.43 Å². The molecule has 5 nitrogen and oxygen atoms in total. The first-order valence-electron chi connectivity index (χ1n) is 3.73. The summed E-state index contributed by atoms with van der Waals surface area (Å²) >= 11 is 0. The van der Waals surface area contributed by atoms with Crippen molar-refractivity contribution in [1.82, 2.24) is 5.43 Å². The average Bonchev–Trinajstić information content (AvgIpc) is 2.14. The summed E-state index contributed by atoms with van der Waals surface area (Å²) in [6.07, 6.45) is -4.55. The van der Waals surface area contributed by atoms with E-state index in [9.17, 15) is 23.3 Å². The average molecular weight is 221 g/mol. The number of nitro groups is 1. The van der Waals surface area contributed by atoms with E-state index in [0.717, 1.165) is 29.7 Å². The van der Waals surface area contributed by atoms with E-state index in [2.05, 4.69) is 0 Å². The van der Waals surface area contributed by atoms with Gasteiger partial charge in [-0.1, -0.05) is 0 Å². The topological polar surface area (TPSA) is 67.2 Å². The Morgan fingerprint density at radius 3 is 2.13 bits per heavy atom. The Kier molecular flexibility index (Phi) is 3.10. The summed E-state index contributed by atoms with van der Waals surface area (Å²) in [4.78, 5) is 9.58. The number of nitro benzene ring substituents is 1. The van der Waals surface area contributed by atoms with Gasteiger partial charge in [0.25, 0.3) is 5.69 Å². The molecule has 1 aromatic rings. The number of hydrogen-bond donors (Lipinski definition) is 2. The van der Waals surface area contributed by atoms with Crippen LogP contribution in [0, 0.1) is 10.1 Å². The van der Waals surface area contributed by atoms with E-state index in [4.69, 9.17) is 0 Å². The molecule has 0 aliphatic heterocycles. The normalized spacial score (nSPS) is 11.1. The molecule has 0 aliphatic carbocycles. The fourth-order valence-corrected chi connectivity index (χ4v) is 0.810. The van der Waals surface area contributed by atoms with Gasteiger partial charge >= 0.3 is 6.30 Å². The molecule has 0 bridgehead atoms. The number of alkyl halides is 3. The third-order valence-corrected chi connectivity index (χ3v) is 1.43. The lowest BCUT2D eigenvalue weighted by atomic mass is 10.3. The number of hydrogen-bond acceptors (Lipinski definition) is 4. The van der Waals surface area contributed by atoms with Crippen molar-refractivity contribution in [2.75, 3.05) is 5.43 Å². The smallest absolute Gasteiger partial charge is 0.314 e. The van der Waals surface area contributed by atoms with Crippen LogP contribution in [0.3, 0.4) is 0 Å². The molecular weight excluding hydrogens is 215 g/mol. The molecule has 0 amide bonds. The van der Waals surface area contributed by atoms with Crippen molar-refractivity contribution in [2.45, 2.75) is 6.30 Å². The molecule has 0 spiro atoms. The van der Waals surface area contributed by atoms with Gasteiger partial charge in [-0.25, -0.2) is 0 Å². The second-order valence-corrected chi connectivity index (χ2v) is 2.55. The van der Waals surface area contributed by atoms with Gasteiger partial charge in [0.2, 0.25) is 0 Å². The highest BCUT2D eigenvalue weighted by atomic mass is 19.4. The van der Waals surface area contributed by atoms with E-state index < -0.39 is 11.2 Å². The number of non-ortho nitro benzene ring substituents is 1. The van der Waals surface area contributed by atoms with Crippen LogP contribution in [0.2, 0.25) is 0 Å². The van der Waals surface area contributed by atoms with Gasteiger partial charge in [0.05, 0.1) is 4.92 Å². The van der Waals surface area contributed by atoms with Crippen LogP contribution in [0.25, 0.3) is 0 Å². The first kappa shape index (κ1) is 11.2. The maximum absolute atomic E-state index is 11.7. The van der Waals surface area contributed by atoms with Crippen LogP contribution < -0.4 is 10.9 Å². The molecule has 0 saturated carbocycles. The summed E-state index contributed by atoms with van der Waals surface area (Å²) in [6.45, 7) is 0. The van der Waals surface area contributed by atoms with Gasteiger partial charge in [-0.05, 0) is 12.1 Å². The molecule has 1 rings (SSSR count). The highest BCUT2D eigenvalue weighted by molar-refractivity contribution is 5.47. The van der Waals surface area contributed by atoms with E-state index in [1.165, 1.54) is 0 Å². The lowest BCUT2D eigenvalue weighted by Gasteiger charge is -2.10. The Labute approximate surface area is 82.0 Å². The minimum atomic E-state index is -4.55. The number of anilines is 1. The predicted octanol–water partition coefficient (Wildman–Crippen LogP) is 2.03. The lowest BCUT2D eigenvalue weighted by Crippen LogP contribution is -2.36. The van der Waals surface area contributed by atoms with Crippen molar-refractivity contribution >= 4 is 11.4 Å². The molecule has 8 heteroatoms. The van der Waals surface area contributed by atoms with Crippen molar-refractivity contribution < 1.29 is 18.1 Å². The van der Waals surface area contributed by atoms with Gasteiger partial charge in [-0.3, -0.25) is 10.1 Å². The molecule has 2 N–H and O–H groups in total. The van der Waals surface area contributed by atoms with Crippen LogP contribution in [0.4, 0.5) is 24.5 Å². The van der Waals surface area contributed by atoms with E-state index in [-0.39, 0.29) is 11.4 Å². The molecule has 0 heterocycles. The lowest BCUT2D eigenvalue weighted by molar-refractivity contribution is -0.384. The predicted molar refractivity (Wildman–Crippen MR) is 45.9 cm³/mol. The Bertz CT molecular complexity index is 349. The van der Waals surface area contributed by atoms with Gasteiger partial charge in [-0.2, -0.15) is 13.2 Å². The Hall–Kier alpha value is -1.83. The van der Waals surface area contributed by atoms with Crippen LogP contribution >= 0.6 is 0 Å². The van der Waals surface area contributed by atoms with Crippen molar-refractivity contribution in [3.05, 3.63) is 34.4 Å². The molecule has 1 aromatic carbocycles. The number of halogens is 3. The molecule has 0 radical (unpaired) electrons. The first-order valence-corrected chi connectivity index (χ1v) is 3.73. The number of nitrogens with one attached hydrogen (secondary N) is 2. The minimum Gasteiger partial charge on any atom is -0.314 e. The highest BCUT2D eigenvalue weighted by Crippen LogP contribution is 2.16. The summed E-state index contributed by atoms with van der Waals surface area (Å²) in [5.74, 6) is 0. The van der Waals surface area contributed by atoms with Gasteiger partial charge in [0, 0.05) is 17.8 Å². The van der Waals surface area contributed by atoms with Crippen molar-refractivity contribution in [3.63, 3.8) is 0 Å². The molecule has 82 valence electrons. The minimum absolute atomic E-state index is 0.0814. The fourth-order valence-electron chi connectivity index (χ4n) is 0.810. The third-order valence-electron chi connectivity index (χ3n) is 1.43. The van der Waals surface area contributed by atoms with Gasteiger partial charge in [-0.15, -0.1) is 5.43 Å². The third kappa shape index (κ3) is 3.81.